The molecule has 0 amide bonds. The number of ether oxygens (including phenoxy) is 1. The van der Waals surface area contributed by atoms with Gasteiger partial charge in [-0.05, 0) is 17.7 Å². The minimum absolute atomic E-state index is 0.248. The van der Waals surface area contributed by atoms with Crippen LogP contribution in [0.1, 0.15) is 11.7 Å². The van der Waals surface area contributed by atoms with Crippen molar-refractivity contribution >= 4 is 11.8 Å². The summed E-state index contributed by atoms with van der Waals surface area (Å²) < 4.78 is 5.07. The van der Waals surface area contributed by atoms with Gasteiger partial charge in [-0.1, -0.05) is 12.1 Å². The number of thioether (sulfide) groups is 1. The summed E-state index contributed by atoms with van der Waals surface area (Å²) in [6.07, 6.45) is -1.32. The van der Waals surface area contributed by atoms with E-state index in [-0.39, 0.29) is 6.61 Å². The topological polar surface area (TPSA) is 69.9 Å². The molecule has 0 spiro atoms. The number of rotatable bonds is 7. The molecule has 0 aliphatic heterocycles. The second kappa shape index (κ2) is 7.55. The van der Waals surface area contributed by atoms with Gasteiger partial charge < -0.3 is 20.1 Å². The Hall–Kier alpha value is -0.750. The third-order valence-electron chi connectivity index (χ3n) is 2.28. The number of aliphatic hydroxyl groups is 3. The van der Waals surface area contributed by atoms with Crippen LogP contribution in [0, 0.1) is 0 Å². The molecule has 0 aliphatic rings. The summed E-state index contributed by atoms with van der Waals surface area (Å²) in [6, 6.07) is 7.26. The molecular weight excluding hydrogens is 240 g/mol. The van der Waals surface area contributed by atoms with Crippen LogP contribution in [0.3, 0.4) is 0 Å². The molecule has 2 unspecified atom stereocenters. The first-order chi connectivity index (χ1) is 8.17. The van der Waals surface area contributed by atoms with Gasteiger partial charge in [-0.25, -0.2) is 0 Å². The average Bonchev–Trinajstić information content (AvgIpc) is 2.38. The molecule has 0 aromatic heterocycles. The van der Waals surface area contributed by atoms with Gasteiger partial charge in [0, 0.05) is 11.5 Å². The van der Waals surface area contributed by atoms with E-state index in [4.69, 9.17) is 14.9 Å². The van der Waals surface area contributed by atoms with Crippen LogP contribution in [0.4, 0.5) is 0 Å². The van der Waals surface area contributed by atoms with E-state index in [1.165, 1.54) is 11.8 Å². The van der Waals surface area contributed by atoms with E-state index in [1.807, 2.05) is 18.2 Å². The maximum atomic E-state index is 9.91. The third-order valence-corrected chi connectivity index (χ3v) is 3.45. The summed E-state index contributed by atoms with van der Waals surface area (Å²) in [5, 5.41) is 27.7. The Morgan fingerprint density at radius 1 is 1.29 bits per heavy atom. The van der Waals surface area contributed by atoms with Gasteiger partial charge >= 0.3 is 0 Å². The molecule has 0 saturated carbocycles. The zero-order valence-electron chi connectivity index (χ0n) is 9.74. The van der Waals surface area contributed by atoms with Crippen molar-refractivity contribution in [3.05, 3.63) is 29.8 Å². The average molecular weight is 258 g/mol. The SMILES string of the molecule is COc1cccc(C(O)CSCC(O)CO)c1. The fourth-order valence-electron chi connectivity index (χ4n) is 1.31. The molecule has 1 aromatic rings. The van der Waals surface area contributed by atoms with Gasteiger partial charge in [0.15, 0.2) is 0 Å². The molecule has 17 heavy (non-hydrogen) atoms. The Labute approximate surface area is 105 Å². The van der Waals surface area contributed by atoms with E-state index in [0.717, 1.165) is 5.56 Å². The van der Waals surface area contributed by atoms with Crippen molar-refractivity contribution in [2.45, 2.75) is 12.2 Å². The normalized spacial score (nSPS) is 14.4. The summed E-state index contributed by atoms with van der Waals surface area (Å²) in [5.74, 6) is 1.60. The van der Waals surface area contributed by atoms with Gasteiger partial charge in [0.1, 0.15) is 5.75 Å². The van der Waals surface area contributed by atoms with Crippen LogP contribution in [0.15, 0.2) is 24.3 Å². The van der Waals surface area contributed by atoms with Gasteiger partial charge in [-0.2, -0.15) is 11.8 Å². The molecule has 5 heteroatoms. The monoisotopic (exact) mass is 258 g/mol. The molecule has 1 rings (SSSR count). The van der Waals surface area contributed by atoms with Gasteiger partial charge in [0.05, 0.1) is 25.9 Å². The van der Waals surface area contributed by atoms with E-state index < -0.39 is 12.2 Å². The summed E-state index contributed by atoms with van der Waals surface area (Å²) in [4.78, 5) is 0. The van der Waals surface area contributed by atoms with Crippen molar-refractivity contribution in [1.29, 1.82) is 0 Å². The van der Waals surface area contributed by atoms with Gasteiger partial charge in [0.2, 0.25) is 0 Å². The first-order valence-corrected chi connectivity index (χ1v) is 6.51. The van der Waals surface area contributed by atoms with Crippen LogP contribution >= 0.6 is 11.8 Å². The fraction of sp³-hybridized carbons (Fsp3) is 0.500. The Kier molecular flexibility index (Phi) is 6.36. The zero-order chi connectivity index (χ0) is 12.7. The summed E-state index contributed by atoms with van der Waals surface area (Å²) in [7, 11) is 1.58. The molecule has 4 nitrogen and oxygen atoms in total. The Morgan fingerprint density at radius 3 is 2.71 bits per heavy atom. The maximum absolute atomic E-state index is 9.91. The summed E-state index contributed by atoms with van der Waals surface area (Å²) >= 11 is 1.40. The highest BCUT2D eigenvalue weighted by molar-refractivity contribution is 7.99. The standard InChI is InChI=1S/C12H18O4S/c1-16-11-4-2-3-9(5-11)12(15)8-17-7-10(14)6-13/h2-5,10,12-15H,6-8H2,1H3. The highest BCUT2D eigenvalue weighted by atomic mass is 32.2. The first-order valence-electron chi connectivity index (χ1n) is 5.36. The van der Waals surface area contributed by atoms with Crippen LogP contribution in [0.25, 0.3) is 0 Å². The van der Waals surface area contributed by atoms with E-state index >= 15 is 0 Å². The van der Waals surface area contributed by atoms with Gasteiger partial charge in [-0.15, -0.1) is 0 Å². The molecule has 3 N–H and O–H groups in total. The van der Waals surface area contributed by atoms with Crippen LogP contribution in [0.5, 0.6) is 5.75 Å². The lowest BCUT2D eigenvalue weighted by Crippen LogP contribution is -2.15. The minimum atomic E-state index is -0.725. The molecule has 0 bridgehead atoms. The minimum Gasteiger partial charge on any atom is -0.497 e. The highest BCUT2D eigenvalue weighted by Gasteiger charge is 2.10. The molecular formula is C12H18O4S. The summed E-state index contributed by atoms with van der Waals surface area (Å²) in [6.45, 7) is -0.248. The second-order valence-electron chi connectivity index (χ2n) is 3.67. The third kappa shape index (κ3) is 4.95. The van der Waals surface area contributed by atoms with E-state index in [2.05, 4.69) is 0 Å². The highest BCUT2D eigenvalue weighted by Crippen LogP contribution is 2.22. The lowest BCUT2D eigenvalue weighted by molar-refractivity contribution is 0.113. The molecule has 0 radical (unpaired) electrons. The number of hydrogen-bond donors (Lipinski definition) is 3. The number of aliphatic hydroxyl groups excluding tert-OH is 3. The van der Waals surface area contributed by atoms with Crippen molar-refractivity contribution < 1.29 is 20.1 Å². The smallest absolute Gasteiger partial charge is 0.119 e. The number of hydrogen-bond acceptors (Lipinski definition) is 5. The van der Waals surface area contributed by atoms with Crippen molar-refractivity contribution in [3.8, 4) is 5.75 Å². The molecule has 96 valence electrons. The van der Waals surface area contributed by atoms with Crippen molar-refractivity contribution in [1.82, 2.24) is 0 Å². The van der Waals surface area contributed by atoms with Crippen molar-refractivity contribution in [2.75, 3.05) is 25.2 Å². The molecule has 2 atom stereocenters. The molecule has 0 heterocycles. The predicted molar refractivity (Wildman–Crippen MR) is 68.4 cm³/mol. The Balaban J connectivity index is 2.43. The van der Waals surface area contributed by atoms with Crippen LogP contribution in [0.2, 0.25) is 0 Å². The maximum Gasteiger partial charge on any atom is 0.119 e. The van der Waals surface area contributed by atoms with E-state index in [0.29, 0.717) is 17.3 Å². The van der Waals surface area contributed by atoms with E-state index in [1.54, 1.807) is 13.2 Å². The Bertz CT molecular complexity index is 332. The predicted octanol–water partition coefficient (Wildman–Crippen LogP) is 0.815. The molecule has 1 aromatic carbocycles. The quantitative estimate of drug-likeness (QED) is 0.675. The largest absolute Gasteiger partial charge is 0.497 e. The zero-order valence-corrected chi connectivity index (χ0v) is 10.6. The van der Waals surface area contributed by atoms with Crippen LogP contribution in [-0.2, 0) is 0 Å². The Morgan fingerprint density at radius 2 is 2.06 bits per heavy atom. The second-order valence-corrected chi connectivity index (χ2v) is 4.74. The van der Waals surface area contributed by atoms with Crippen LogP contribution < -0.4 is 4.74 Å². The molecule has 0 aliphatic carbocycles. The molecule has 0 fully saturated rings. The van der Waals surface area contributed by atoms with E-state index in [9.17, 15) is 5.11 Å². The first kappa shape index (κ1) is 14.3. The number of methoxy groups -OCH3 is 1. The van der Waals surface area contributed by atoms with Crippen LogP contribution in [-0.4, -0.2) is 46.6 Å². The fourth-order valence-corrected chi connectivity index (χ4v) is 2.24. The number of benzene rings is 1. The lowest BCUT2D eigenvalue weighted by Gasteiger charge is -2.13. The van der Waals surface area contributed by atoms with Crippen molar-refractivity contribution in [3.63, 3.8) is 0 Å². The van der Waals surface area contributed by atoms with Crippen molar-refractivity contribution in [2.24, 2.45) is 0 Å². The molecule has 0 saturated heterocycles. The van der Waals surface area contributed by atoms with Gasteiger partial charge in [0.25, 0.3) is 0 Å². The van der Waals surface area contributed by atoms with Gasteiger partial charge in [-0.3, -0.25) is 0 Å². The lowest BCUT2D eigenvalue weighted by atomic mass is 10.1. The summed E-state index contributed by atoms with van der Waals surface area (Å²) in [5.41, 5.74) is 0.787.